The molecule has 2 aliphatic rings. The third-order valence-corrected chi connectivity index (χ3v) is 6.06. The average Bonchev–Trinajstić information content (AvgIpc) is 3.19. The van der Waals surface area contributed by atoms with Gasteiger partial charge in [-0.25, -0.2) is 4.98 Å². The third-order valence-electron chi connectivity index (χ3n) is 6.06. The number of amides is 1. The van der Waals surface area contributed by atoms with E-state index in [0.29, 0.717) is 11.8 Å². The van der Waals surface area contributed by atoms with E-state index in [2.05, 4.69) is 46.6 Å². The van der Waals surface area contributed by atoms with Gasteiger partial charge < -0.3 is 9.88 Å². The summed E-state index contributed by atoms with van der Waals surface area (Å²) in [6, 6.07) is 4.22. The highest BCUT2D eigenvalue weighted by molar-refractivity contribution is 5.81. The van der Waals surface area contributed by atoms with Crippen molar-refractivity contribution in [2.45, 2.75) is 58.4 Å². The molecule has 2 fully saturated rings. The van der Waals surface area contributed by atoms with Gasteiger partial charge in [-0.3, -0.25) is 9.69 Å². The lowest BCUT2D eigenvalue weighted by Crippen LogP contribution is -2.41. The number of fused-ring (bicyclic) bond motifs is 1. The normalized spacial score (nSPS) is 22.1. The van der Waals surface area contributed by atoms with Gasteiger partial charge in [-0.1, -0.05) is 20.8 Å². The number of hydrogen-bond donors (Lipinski definition) is 1. The first kappa shape index (κ1) is 18.5. The van der Waals surface area contributed by atoms with Crippen LogP contribution in [-0.4, -0.2) is 51.9 Å². The topological polar surface area (TPSA) is 52.2 Å². The van der Waals surface area contributed by atoms with Crippen LogP contribution in [0.4, 0.5) is 0 Å². The van der Waals surface area contributed by atoms with Gasteiger partial charge >= 0.3 is 0 Å². The molecule has 1 N–H and O–H groups in total. The van der Waals surface area contributed by atoms with Crippen LogP contribution in [0, 0.1) is 5.92 Å². The number of aromatic nitrogens is 2. The standard InChI is InChI=1S/C22H32N4O/c1-22(2,3)20-18(17-8-4-10-23-21(17)24-20)15-25-11-5-7-16(13-25)14-26-12-6-9-19(26)27/h4,8,10,16H,5-7,9,11-15H2,1-3H3,(H,23,24)/t16-/m0/s1. The largest absolute Gasteiger partial charge is 0.342 e. The second-order valence-electron chi connectivity index (χ2n) is 9.31. The van der Waals surface area contributed by atoms with Crippen molar-refractivity contribution in [2.24, 2.45) is 5.92 Å². The van der Waals surface area contributed by atoms with Crippen LogP contribution in [0.3, 0.4) is 0 Å². The molecule has 0 unspecified atom stereocenters. The first-order valence-corrected chi connectivity index (χ1v) is 10.4. The molecule has 2 aromatic rings. The predicted octanol–water partition coefficient (Wildman–Crippen LogP) is 3.69. The Balaban J connectivity index is 1.52. The molecule has 0 spiro atoms. The number of rotatable bonds is 4. The third kappa shape index (κ3) is 3.88. The molecule has 2 saturated heterocycles. The predicted molar refractivity (Wildman–Crippen MR) is 109 cm³/mol. The lowest BCUT2D eigenvalue weighted by atomic mass is 9.88. The number of carbonyl (C=O) groups is 1. The van der Waals surface area contributed by atoms with Gasteiger partial charge in [0.15, 0.2) is 0 Å². The molecule has 0 aromatic carbocycles. The number of likely N-dealkylation sites (tertiary alicyclic amines) is 2. The van der Waals surface area contributed by atoms with E-state index in [1.165, 1.54) is 29.5 Å². The number of aromatic amines is 1. The second kappa shape index (κ2) is 7.27. The molecule has 0 saturated carbocycles. The van der Waals surface area contributed by atoms with Crippen LogP contribution in [0.15, 0.2) is 18.3 Å². The highest BCUT2D eigenvalue weighted by atomic mass is 16.2. The lowest BCUT2D eigenvalue weighted by molar-refractivity contribution is -0.128. The van der Waals surface area contributed by atoms with Gasteiger partial charge in [0, 0.05) is 55.3 Å². The van der Waals surface area contributed by atoms with Crippen molar-refractivity contribution in [2.75, 3.05) is 26.2 Å². The molecule has 5 heteroatoms. The number of nitrogens with zero attached hydrogens (tertiary/aromatic N) is 3. The molecule has 27 heavy (non-hydrogen) atoms. The zero-order valence-electron chi connectivity index (χ0n) is 16.9. The molecule has 2 aliphatic heterocycles. The second-order valence-corrected chi connectivity index (χ2v) is 9.31. The minimum Gasteiger partial charge on any atom is -0.342 e. The molecular formula is C22H32N4O. The van der Waals surface area contributed by atoms with Gasteiger partial charge in [-0.05, 0) is 49.4 Å². The fourth-order valence-corrected chi connectivity index (χ4v) is 4.76. The van der Waals surface area contributed by atoms with Gasteiger partial charge in [0.05, 0.1) is 0 Å². The molecule has 4 rings (SSSR count). The number of H-pyrrole nitrogens is 1. The van der Waals surface area contributed by atoms with Crippen molar-refractivity contribution in [3.8, 4) is 0 Å². The van der Waals surface area contributed by atoms with Gasteiger partial charge in [0.25, 0.3) is 0 Å². The maximum absolute atomic E-state index is 12.0. The van der Waals surface area contributed by atoms with Gasteiger partial charge in [0.2, 0.25) is 5.91 Å². The van der Waals surface area contributed by atoms with Crippen molar-refractivity contribution < 1.29 is 4.79 Å². The molecule has 1 amide bonds. The molecule has 146 valence electrons. The average molecular weight is 369 g/mol. The van der Waals surface area contributed by atoms with E-state index in [4.69, 9.17) is 0 Å². The summed E-state index contributed by atoms with van der Waals surface area (Å²) in [7, 11) is 0. The van der Waals surface area contributed by atoms with Crippen LogP contribution < -0.4 is 0 Å². The molecule has 2 aromatic heterocycles. The molecule has 1 atom stereocenters. The molecule has 0 radical (unpaired) electrons. The van der Waals surface area contributed by atoms with Crippen molar-refractivity contribution >= 4 is 16.9 Å². The monoisotopic (exact) mass is 368 g/mol. The molecule has 0 aliphatic carbocycles. The Labute approximate surface area is 162 Å². The van der Waals surface area contributed by atoms with Crippen molar-refractivity contribution in [1.29, 1.82) is 0 Å². The maximum Gasteiger partial charge on any atom is 0.222 e. The SMILES string of the molecule is CC(C)(C)c1[nH]c2ncccc2c1CN1CCC[C@H](CN2CCCC2=O)C1. The number of pyridine rings is 1. The zero-order valence-corrected chi connectivity index (χ0v) is 16.9. The Hall–Kier alpha value is -1.88. The maximum atomic E-state index is 12.0. The Morgan fingerprint density at radius 1 is 1.26 bits per heavy atom. The Morgan fingerprint density at radius 3 is 2.85 bits per heavy atom. The van der Waals surface area contributed by atoms with E-state index in [0.717, 1.165) is 51.2 Å². The van der Waals surface area contributed by atoms with E-state index in [1.54, 1.807) is 0 Å². The Kier molecular flexibility index (Phi) is 4.97. The highest BCUT2D eigenvalue weighted by Gasteiger charge is 2.29. The summed E-state index contributed by atoms with van der Waals surface area (Å²) in [5.74, 6) is 0.951. The summed E-state index contributed by atoms with van der Waals surface area (Å²) in [6.45, 7) is 11.9. The summed E-state index contributed by atoms with van der Waals surface area (Å²) in [6.07, 6.45) is 6.10. The summed E-state index contributed by atoms with van der Waals surface area (Å²) in [5, 5.41) is 1.25. The molecule has 0 bridgehead atoms. The van der Waals surface area contributed by atoms with Crippen LogP contribution >= 0.6 is 0 Å². The first-order chi connectivity index (χ1) is 12.9. The molecular weight excluding hydrogens is 336 g/mol. The van der Waals surface area contributed by atoms with Crippen LogP contribution in [-0.2, 0) is 16.8 Å². The van der Waals surface area contributed by atoms with E-state index in [9.17, 15) is 4.79 Å². The minimum absolute atomic E-state index is 0.0627. The fourth-order valence-electron chi connectivity index (χ4n) is 4.76. The lowest BCUT2D eigenvalue weighted by Gasteiger charge is -2.35. The van der Waals surface area contributed by atoms with Crippen LogP contribution in [0.25, 0.3) is 11.0 Å². The van der Waals surface area contributed by atoms with Crippen LogP contribution in [0.2, 0.25) is 0 Å². The quantitative estimate of drug-likeness (QED) is 0.895. The Morgan fingerprint density at radius 2 is 2.11 bits per heavy atom. The number of nitrogens with one attached hydrogen (secondary N) is 1. The molecule has 5 nitrogen and oxygen atoms in total. The van der Waals surface area contributed by atoms with Crippen molar-refractivity contribution in [3.63, 3.8) is 0 Å². The van der Waals surface area contributed by atoms with E-state index >= 15 is 0 Å². The minimum atomic E-state index is 0.0627. The van der Waals surface area contributed by atoms with Crippen LogP contribution in [0.1, 0.15) is 57.7 Å². The fraction of sp³-hybridized carbons (Fsp3) is 0.636. The summed E-state index contributed by atoms with van der Waals surface area (Å²) < 4.78 is 0. The van der Waals surface area contributed by atoms with Crippen molar-refractivity contribution in [1.82, 2.24) is 19.8 Å². The summed E-state index contributed by atoms with van der Waals surface area (Å²) in [5.41, 5.74) is 3.75. The van der Waals surface area contributed by atoms with E-state index < -0.39 is 0 Å². The van der Waals surface area contributed by atoms with Crippen LogP contribution in [0.5, 0.6) is 0 Å². The zero-order chi connectivity index (χ0) is 19.0. The molecule has 4 heterocycles. The number of piperidine rings is 1. The highest BCUT2D eigenvalue weighted by Crippen LogP contribution is 2.32. The van der Waals surface area contributed by atoms with Gasteiger partial charge in [-0.15, -0.1) is 0 Å². The summed E-state index contributed by atoms with van der Waals surface area (Å²) in [4.78, 5) is 24.8. The smallest absolute Gasteiger partial charge is 0.222 e. The van der Waals surface area contributed by atoms with Gasteiger partial charge in [0.1, 0.15) is 5.65 Å². The van der Waals surface area contributed by atoms with E-state index in [1.807, 2.05) is 12.3 Å². The number of hydrogen-bond acceptors (Lipinski definition) is 3. The van der Waals surface area contributed by atoms with Crippen molar-refractivity contribution in [3.05, 3.63) is 29.6 Å². The Bertz CT molecular complexity index is 819. The number of carbonyl (C=O) groups excluding carboxylic acids is 1. The summed E-state index contributed by atoms with van der Waals surface area (Å²) >= 11 is 0. The van der Waals surface area contributed by atoms with Gasteiger partial charge in [-0.2, -0.15) is 0 Å². The first-order valence-electron chi connectivity index (χ1n) is 10.4. The van der Waals surface area contributed by atoms with E-state index in [-0.39, 0.29) is 5.41 Å².